The van der Waals surface area contributed by atoms with Crippen molar-refractivity contribution < 1.29 is 4.74 Å². The van der Waals surface area contributed by atoms with Gasteiger partial charge in [0.25, 0.3) is 0 Å². The first-order valence-electron chi connectivity index (χ1n) is 6.22. The third-order valence-electron chi connectivity index (χ3n) is 2.82. The molecule has 1 aromatic heterocycles. The highest BCUT2D eigenvalue weighted by atomic mass is 79.9. The molecule has 6 heteroatoms. The van der Waals surface area contributed by atoms with Gasteiger partial charge in [0, 0.05) is 23.1 Å². The van der Waals surface area contributed by atoms with Crippen molar-refractivity contribution in [2.75, 3.05) is 19.0 Å². The molecule has 19 heavy (non-hydrogen) atoms. The van der Waals surface area contributed by atoms with Crippen LogP contribution in [0, 0.1) is 0 Å². The minimum Gasteiger partial charge on any atom is -0.497 e. The molecule has 0 radical (unpaired) electrons. The zero-order valence-electron chi connectivity index (χ0n) is 11.3. The average Bonchev–Trinajstić information content (AvgIpc) is 2.82. The molecular weight excluding hydrogens is 308 g/mol. The second-order valence-corrected chi connectivity index (χ2v) is 4.82. The van der Waals surface area contributed by atoms with Crippen LogP contribution in [0.4, 0.5) is 5.95 Å². The number of halogens is 1. The Morgan fingerprint density at radius 1 is 1.32 bits per heavy atom. The van der Waals surface area contributed by atoms with Crippen LogP contribution < -0.4 is 10.1 Å². The highest BCUT2D eigenvalue weighted by Crippen LogP contribution is 2.31. The topological polar surface area (TPSA) is 52.0 Å². The van der Waals surface area contributed by atoms with Crippen molar-refractivity contribution in [2.24, 2.45) is 0 Å². The lowest BCUT2D eigenvalue weighted by Crippen LogP contribution is -2.07. The maximum Gasteiger partial charge on any atom is 0.224 e. The number of nitrogens with zero attached hydrogens (tertiary/aromatic N) is 3. The summed E-state index contributed by atoms with van der Waals surface area (Å²) in [6, 6.07) is 5.82. The summed E-state index contributed by atoms with van der Waals surface area (Å²) < 4.78 is 8.28. The molecule has 102 valence electrons. The van der Waals surface area contributed by atoms with Gasteiger partial charge in [-0.2, -0.15) is 0 Å². The number of rotatable bonds is 5. The molecule has 1 heterocycles. The molecule has 1 N–H and O–H groups in total. The van der Waals surface area contributed by atoms with Gasteiger partial charge in [0.2, 0.25) is 5.95 Å². The van der Waals surface area contributed by atoms with Gasteiger partial charge in [-0.1, -0.05) is 15.9 Å². The maximum atomic E-state index is 5.27. The molecule has 0 spiro atoms. The molecule has 0 saturated carbocycles. The maximum absolute atomic E-state index is 5.27. The van der Waals surface area contributed by atoms with Crippen molar-refractivity contribution >= 4 is 21.9 Å². The zero-order valence-corrected chi connectivity index (χ0v) is 12.9. The third kappa shape index (κ3) is 2.73. The van der Waals surface area contributed by atoms with Crippen LogP contribution in [0.2, 0.25) is 0 Å². The van der Waals surface area contributed by atoms with E-state index in [0.29, 0.717) is 0 Å². The summed E-state index contributed by atoms with van der Waals surface area (Å²) in [5, 5.41) is 11.7. The Kier molecular flexibility index (Phi) is 4.42. The predicted molar refractivity (Wildman–Crippen MR) is 79.5 cm³/mol. The van der Waals surface area contributed by atoms with Crippen molar-refractivity contribution in [1.82, 2.24) is 14.8 Å². The largest absolute Gasteiger partial charge is 0.497 e. The fraction of sp³-hybridized carbons (Fsp3) is 0.385. The van der Waals surface area contributed by atoms with E-state index in [9.17, 15) is 0 Å². The molecule has 0 fully saturated rings. The molecule has 0 aliphatic rings. The summed E-state index contributed by atoms with van der Waals surface area (Å²) in [7, 11) is 1.65. The van der Waals surface area contributed by atoms with Gasteiger partial charge in [-0.3, -0.25) is 4.57 Å². The van der Waals surface area contributed by atoms with Crippen LogP contribution in [-0.4, -0.2) is 28.4 Å². The lowest BCUT2D eigenvalue weighted by Gasteiger charge is -2.10. The van der Waals surface area contributed by atoms with E-state index in [2.05, 4.69) is 38.4 Å². The summed E-state index contributed by atoms with van der Waals surface area (Å²) in [4.78, 5) is 0. The van der Waals surface area contributed by atoms with Gasteiger partial charge in [0.1, 0.15) is 5.75 Å². The Hall–Kier alpha value is -1.56. The summed E-state index contributed by atoms with van der Waals surface area (Å²) in [5.74, 6) is 2.41. The molecule has 0 aliphatic carbocycles. The van der Waals surface area contributed by atoms with Crippen molar-refractivity contribution in [1.29, 1.82) is 0 Å². The smallest absolute Gasteiger partial charge is 0.224 e. The van der Waals surface area contributed by atoms with Crippen LogP contribution in [0.5, 0.6) is 5.75 Å². The van der Waals surface area contributed by atoms with Crippen LogP contribution in [-0.2, 0) is 6.54 Å². The van der Waals surface area contributed by atoms with E-state index in [0.717, 1.165) is 40.6 Å². The Labute approximate surface area is 121 Å². The Bertz CT molecular complexity index is 568. The minimum absolute atomic E-state index is 0.787. The van der Waals surface area contributed by atoms with Gasteiger partial charge >= 0.3 is 0 Å². The van der Waals surface area contributed by atoms with Crippen molar-refractivity contribution in [2.45, 2.75) is 20.4 Å². The van der Waals surface area contributed by atoms with E-state index < -0.39 is 0 Å². The quantitative estimate of drug-likeness (QED) is 0.917. The fourth-order valence-electron chi connectivity index (χ4n) is 1.89. The molecule has 0 amide bonds. The van der Waals surface area contributed by atoms with Gasteiger partial charge in [-0.05, 0) is 32.0 Å². The number of benzene rings is 1. The summed E-state index contributed by atoms with van der Waals surface area (Å²) in [5.41, 5.74) is 0.970. The molecule has 0 unspecified atom stereocenters. The number of nitrogens with one attached hydrogen (secondary N) is 1. The number of hydrogen-bond acceptors (Lipinski definition) is 4. The molecule has 0 bridgehead atoms. The second kappa shape index (κ2) is 6.06. The summed E-state index contributed by atoms with van der Waals surface area (Å²) in [6.45, 7) is 5.73. The lowest BCUT2D eigenvalue weighted by molar-refractivity contribution is 0.415. The monoisotopic (exact) mass is 324 g/mol. The number of hydrogen-bond donors (Lipinski definition) is 1. The van der Waals surface area contributed by atoms with E-state index >= 15 is 0 Å². The normalized spacial score (nSPS) is 10.5. The number of ether oxygens (including phenoxy) is 1. The van der Waals surface area contributed by atoms with Gasteiger partial charge in [-0.25, -0.2) is 0 Å². The van der Waals surface area contributed by atoms with Crippen LogP contribution in [0.15, 0.2) is 22.7 Å². The Morgan fingerprint density at radius 2 is 2.11 bits per heavy atom. The SMILES string of the molecule is CCNc1nnc(-c2cc(OC)ccc2Br)n1CC. The van der Waals surface area contributed by atoms with Crippen LogP contribution in [0.1, 0.15) is 13.8 Å². The summed E-state index contributed by atoms with van der Waals surface area (Å²) in [6.07, 6.45) is 0. The zero-order chi connectivity index (χ0) is 13.8. The minimum atomic E-state index is 0.787. The summed E-state index contributed by atoms with van der Waals surface area (Å²) >= 11 is 3.55. The predicted octanol–water partition coefficient (Wildman–Crippen LogP) is 3.17. The van der Waals surface area contributed by atoms with Gasteiger partial charge < -0.3 is 10.1 Å². The number of aromatic nitrogens is 3. The van der Waals surface area contributed by atoms with Crippen LogP contribution in [0.25, 0.3) is 11.4 Å². The number of methoxy groups -OCH3 is 1. The molecule has 5 nitrogen and oxygen atoms in total. The molecule has 0 atom stereocenters. The Balaban J connectivity index is 2.52. The number of anilines is 1. The Morgan fingerprint density at radius 3 is 2.74 bits per heavy atom. The fourth-order valence-corrected chi connectivity index (χ4v) is 2.32. The highest BCUT2D eigenvalue weighted by molar-refractivity contribution is 9.10. The standard InChI is InChI=1S/C13H17BrN4O/c1-4-15-13-17-16-12(18(13)5-2)10-8-9(19-3)6-7-11(10)14/h6-8H,4-5H2,1-3H3,(H,15,17). The van der Waals surface area contributed by atoms with E-state index in [1.807, 2.05) is 29.7 Å². The lowest BCUT2D eigenvalue weighted by atomic mass is 10.2. The van der Waals surface area contributed by atoms with Crippen LogP contribution >= 0.6 is 15.9 Å². The third-order valence-corrected chi connectivity index (χ3v) is 3.51. The first kappa shape index (κ1) is 13.9. The average molecular weight is 325 g/mol. The molecular formula is C13H17BrN4O. The molecule has 0 saturated heterocycles. The molecule has 2 aromatic rings. The van der Waals surface area contributed by atoms with Crippen molar-refractivity contribution in [3.8, 4) is 17.1 Å². The molecule has 0 aliphatic heterocycles. The van der Waals surface area contributed by atoms with E-state index in [1.165, 1.54) is 0 Å². The first-order valence-corrected chi connectivity index (χ1v) is 7.01. The van der Waals surface area contributed by atoms with E-state index in [1.54, 1.807) is 7.11 Å². The van der Waals surface area contributed by atoms with Gasteiger partial charge in [0.05, 0.1) is 7.11 Å². The molecule has 2 rings (SSSR count). The highest BCUT2D eigenvalue weighted by Gasteiger charge is 2.15. The van der Waals surface area contributed by atoms with E-state index in [-0.39, 0.29) is 0 Å². The van der Waals surface area contributed by atoms with Gasteiger partial charge in [0.15, 0.2) is 5.82 Å². The van der Waals surface area contributed by atoms with E-state index in [4.69, 9.17) is 4.74 Å². The van der Waals surface area contributed by atoms with Crippen molar-refractivity contribution in [3.63, 3.8) is 0 Å². The second-order valence-electron chi connectivity index (χ2n) is 3.97. The van der Waals surface area contributed by atoms with Crippen molar-refractivity contribution in [3.05, 3.63) is 22.7 Å². The first-order chi connectivity index (χ1) is 9.21. The molecule has 1 aromatic carbocycles. The van der Waals surface area contributed by atoms with Gasteiger partial charge in [-0.15, -0.1) is 10.2 Å². The van der Waals surface area contributed by atoms with Crippen LogP contribution in [0.3, 0.4) is 0 Å².